The van der Waals surface area contributed by atoms with E-state index in [1.807, 2.05) is 6.20 Å². The van der Waals surface area contributed by atoms with Gasteiger partial charge in [0.2, 0.25) is 0 Å². The number of likely N-dealkylation sites (N-methyl/N-ethyl adjacent to an activating group) is 1. The Morgan fingerprint density at radius 3 is 2.60 bits per heavy atom. The summed E-state index contributed by atoms with van der Waals surface area (Å²) in [5, 5.41) is 8.01. The first-order valence-corrected chi connectivity index (χ1v) is 8.03. The number of nitrogens with zero attached hydrogens (tertiary/aromatic N) is 2. The number of hydrogen-bond donors (Lipinski definition) is 1. The van der Waals surface area contributed by atoms with Gasteiger partial charge in [-0.3, -0.25) is 4.68 Å². The van der Waals surface area contributed by atoms with Gasteiger partial charge in [0, 0.05) is 17.2 Å². The van der Waals surface area contributed by atoms with Gasteiger partial charge in [-0.05, 0) is 43.1 Å². The Morgan fingerprint density at radius 1 is 1.20 bits per heavy atom. The van der Waals surface area contributed by atoms with Crippen molar-refractivity contribution in [2.45, 2.75) is 39.3 Å². The minimum atomic E-state index is 0.315. The molecule has 0 saturated carbocycles. The van der Waals surface area contributed by atoms with Crippen LogP contribution >= 0.6 is 15.9 Å². The van der Waals surface area contributed by atoms with Gasteiger partial charge in [0.15, 0.2) is 0 Å². The summed E-state index contributed by atoms with van der Waals surface area (Å²) in [6, 6.07) is 11.0. The van der Waals surface area contributed by atoms with Crippen LogP contribution in [-0.2, 0) is 13.0 Å². The van der Waals surface area contributed by atoms with E-state index < -0.39 is 0 Å². The summed E-state index contributed by atoms with van der Waals surface area (Å²) in [6.07, 6.45) is 3.99. The molecule has 1 aromatic carbocycles. The molecule has 108 valence electrons. The van der Waals surface area contributed by atoms with Crippen molar-refractivity contribution < 1.29 is 0 Å². The molecule has 4 heteroatoms. The quantitative estimate of drug-likeness (QED) is 0.830. The first kappa shape index (κ1) is 15.3. The predicted octanol–water partition coefficient (Wildman–Crippen LogP) is 3.95. The SMILES string of the molecule is CCCn1nccc1C(Cc1ccc(Br)cc1)NCC. The average Bonchev–Trinajstić information content (AvgIpc) is 2.89. The third kappa shape index (κ3) is 3.93. The summed E-state index contributed by atoms with van der Waals surface area (Å²) in [5.74, 6) is 0. The molecule has 0 amide bonds. The van der Waals surface area contributed by atoms with Crippen LogP contribution in [0.2, 0.25) is 0 Å². The number of hydrogen-bond acceptors (Lipinski definition) is 2. The minimum Gasteiger partial charge on any atom is -0.309 e. The highest BCUT2D eigenvalue weighted by Gasteiger charge is 2.15. The molecule has 20 heavy (non-hydrogen) atoms. The monoisotopic (exact) mass is 335 g/mol. The predicted molar refractivity (Wildman–Crippen MR) is 86.8 cm³/mol. The van der Waals surface area contributed by atoms with Crippen LogP contribution in [-0.4, -0.2) is 16.3 Å². The molecule has 3 nitrogen and oxygen atoms in total. The largest absolute Gasteiger partial charge is 0.309 e. The highest BCUT2D eigenvalue weighted by Crippen LogP contribution is 2.20. The van der Waals surface area contributed by atoms with Gasteiger partial charge in [-0.2, -0.15) is 5.10 Å². The standard InChI is InChI=1S/C16H22BrN3/c1-3-11-20-16(9-10-19-20)15(18-4-2)12-13-5-7-14(17)8-6-13/h5-10,15,18H,3-4,11-12H2,1-2H3. The van der Waals surface area contributed by atoms with E-state index >= 15 is 0 Å². The Kier molecular flexibility index (Phi) is 5.80. The van der Waals surface area contributed by atoms with E-state index in [1.165, 1.54) is 11.3 Å². The number of aryl methyl sites for hydroxylation is 1. The Morgan fingerprint density at radius 2 is 1.95 bits per heavy atom. The lowest BCUT2D eigenvalue weighted by atomic mass is 10.0. The molecule has 2 aromatic rings. The third-order valence-electron chi connectivity index (χ3n) is 3.35. The van der Waals surface area contributed by atoms with Gasteiger partial charge in [0.05, 0.1) is 11.7 Å². The number of halogens is 1. The lowest BCUT2D eigenvalue weighted by Gasteiger charge is -2.19. The molecular formula is C16H22BrN3. The van der Waals surface area contributed by atoms with Crippen molar-refractivity contribution in [2.75, 3.05) is 6.54 Å². The number of aromatic nitrogens is 2. The molecular weight excluding hydrogens is 314 g/mol. The molecule has 2 rings (SSSR count). The first-order chi connectivity index (χ1) is 9.74. The zero-order valence-corrected chi connectivity index (χ0v) is 13.7. The van der Waals surface area contributed by atoms with E-state index in [-0.39, 0.29) is 0 Å². The van der Waals surface area contributed by atoms with E-state index in [9.17, 15) is 0 Å². The van der Waals surface area contributed by atoms with Crippen molar-refractivity contribution in [3.05, 3.63) is 52.3 Å². The van der Waals surface area contributed by atoms with Gasteiger partial charge >= 0.3 is 0 Å². The topological polar surface area (TPSA) is 29.9 Å². The van der Waals surface area contributed by atoms with E-state index in [0.29, 0.717) is 6.04 Å². The first-order valence-electron chi connectivity index (χ1n) is 7.24. The van der Waals surface area contributed by atoms with Crippen LogP contribution in [0.5, 0.6) is 0 Å². The molecule has 0 bridgehead atoms. The van der Waals surface area contributed by atoms with Gasteiger partial charge in [0.1, 0.15) is 0 Å². The Bertz CT molecular complexity index is 519. The van der Waals surface area contributed by atoms with Crippen LogP contribution in [0.4, 0.5) is 0 Å². The smallest absolute Gasteiger partial charge is 0.0556 e. The van der Waals surface area contributed by atoms with E-state index in [2.05, 4.69) is 75.2 Å². The van der Waals surface area contributed by atoms with Crippen molar-refractivity contribution >= 4 is 15.9 Å². The van der Waals surface area contributed by atoms with Crippen molar-refractivity contribution in [3.8, 4) is 0 Å². The van der Waals surface area contributed by atoms with Crippen LogP contribution < -0.4 is 5.32 Å². The Balaban J connectivity index is 2.17. The molecule has 0 aliphatic rings. The molecule has 0 aliphatic heterocycles. The molecule has 1 N–H and O–H groups in total. The van der Waals surface area contributed by atoms with Crippen molar-refractivity contribution in [1.29, 1.82) is 0 Å². The van der Waals surface area contributed by atoms with E-state index in [1.54, 1.807) is 0 Å². The summed E-state index contributed by atoms with van der Waals surface area (Å²) in [7, 11) is 0. The number of nitrogens with one attached hydrogen (secondary N) is 1. The Labute approximate surface area is 129 Å². The molecule has 1 aromatic heterocycles. The molecule has 1 unspecified atom stereocenters. The molecule has 0 aliphatic carbocycles. The zero-order chi connectivity index (χ0) is 14.4. The van der Waals surface area contributed by atoms with Crippen molar-refractivity contribution in [1.82, 2.24) is 15.1 Å². The summed E-state index contributed by atoms with van der Waals surface area (Å²) in [5.41, 5.74) is 2.61. The second-order valence-corrected chi connectivity index (χ2v) is 5.84. The number of rotatable bonds is 7. The lowest BCUT2D eigenvalue weighted by Crippen LogP contribution is -2.25. The zero-order valence-electron chi connectivity index (χ0n) is 12.1. The highest BCUT2D eigenvalue weighted by atomic mass is 79.9. The van der Waals surface area contributed by atoms with Crippen LogP contribution in [0.15, 0.2) is 41.0 Å². The summed E-state index contributed by atoms with van der Waals surface area (Å²) in [4.78, 5) is 0. The Hall–Kier alpha value is -1.13. The van der Waals surface area contributed by atoms with Crippen LogP contribution in [0.3, 0.4) is 0 Å². The van der Waals surface area contributed by atoms with Gasteiger partial charge in [0.25, 0.3) is 0 Å². The van der Waals surface area contributed by atoms with Crippen LogP contribution in [0, 0.1) is 0 Å². The average molecular weight is 336 g/mol. The van der Waals surface area contributed by atoms with Crippen LogP contribution in [0.1, 0.15) is 37.6 Å². The molecule has 0 radical (unpaired) electrons. The second-order valence-electron chi connectivity index (χ2n) is 4.92. The normalized spacial score (nSPS) is 12.6. The van der Waals surface area contributed by atoms with Gasteiger partial charge in [-0.15, -0.1) is 0 Å². The lowest BCUT2D eigenvalue weighted by molar-refractivity contribution is 0.478. The maximum atomic E-state index is 4.43. The summed E-state index contributed by atoms with van der Waals surface area (Å²) in [6.45, 7) is 6.26. The fourth-order valence-corrected chi connectivity index (χ4v) is 2.69. The van der Waals surface area contributed by atoms with Gasteiger partial charge in [-0.25, -0.2) is 0 Å². The van der Waals surface area contributed by atoms with E-state index in [0.717, 1.165) is 30.4 Å². The fourth-order valence-electron chi connectivity index (χ4n) is 2.42. The molecule has 0 fully saturated rings. The number of benzene rings is 1. The maximum Gasteiger partial charge on any atom is 0.0556 e. The second kappa shape index (κ2) is 7.60. The molecule has 0 saturated heterocycles. The summed E-state index contributed by atoms with van der Waals surface area (Å²) >= 11 is 3.48. The molecule has 1 atom stereocenters. The van der Waals surface area contributed by atoms with Crippen molar-refractivity contribution in [3.63, 3.8) is 0 Å². The van der Waals surface area contributed by atoms with Gasteiger partial charge < -0.3 is 5.32 Å². The van der Waals surface area contributed by atoms with Crippen LogP contribution in [0.25, 0.3) is 0 Å². The molecule has 0 spiro atoms. The minimum absolute atomic E-state index is 0.315. The van der Waals surface area contributed by atoms with Crippen molar-refractivity contribution in [2.24, 2.45) is 0 Å². The fraction of sp³-hybridized carbons (Fsp3) is 0.438. The summed E-state index contributed by atoms with van der Waals surface area (Å²) < 4.78 is 3.24. The van der Waals surface area contributed by atoms with Gasteiger partial charge in [-0.1, -0.05) is 41.9 Å². The molecule has 1 heterocycles. The van der Waals surface area contributed by atoms with E-state index in [4.69, 9.17) is 0 Å². The highest BCUT2D eigenvalue weighted by molar-refractivity contribution is 9.10. The maximum absolute atomic E-state index is 4.43. The third-order valence-corrected chi connectivity index (χ3v) is 3.87.